The number of rotatable bonds is 6. The molecule has 0 amide bonds. The van der Waals surface area contributed by atoms with Gasteiger partial charge in [0.05, 0.1) is 5.41 Å². The molecule has 5 unspecified atom stereocenters. The normalized spacial score (nSPS) is 46.3. The summed E-state index contributed by atoms with van der Waals surface area (Å²) in [5.41, 5.74) is -0.401. The highest BCUT2D eigenvalue weighted by Crippen LogP contribution is 2.69. The quantitative estimate of drug-likeness (QED) is 0.534. The van der Waals surface area contributed by atoms with Gasteiger partial charge in [-0.25, -0.2) is 4.79 Å². The van der Waals surface area contributed by atoms with Crippen molar-refractivity contribution in [2.75, 3.05) is 6.61 Å². The molecule has 0 aromatic heterocycles. The fourth-order valence-electron chi connectivity index (χ4n) is 8.73. The maximum atomic E-state index is 13.1. The molecule has 6 fully saturated rings. The van der Waals surface area contributed by atoms with Crippen molar-refractivity contribution < 1.29 is 19.1 Å². The van der Waals surface area contributed by atoms with Crippen LogP contribution in [-0.2, 0) is 19.1 Å². The van der Waals surface area contributed by atoms with Crippen LogP contribution in [0.3, 0.4) is 0 Å². The van der Waals surface area contributed by atoms with E-state index in [1.54, 1.807) is 0 Å². The molecule has 6 rings (SSSR count). The van der Waals surface area contributed by atoms with Crippen molar-refractivity contribution in [2.45, 2.75) is 97.5 Å². The molecule has 4 heteroatoms. The average Bonchev–Trinajstić information content (AvgIpc) is 3.31. The van der Waals surface area contributed by atoms with Gasteiger partial charge in [0.1, 0.15) is 5.60 Å². The Morgan fingerprint density at radius 2 is 1.67 bits per heavy atom. The van der Waals surface area contributed by atoms with Crippen LogP contribution in [0, 0.1) is 46.3 Å². The molecule has 6 saturated carbocycles. The molecule has 168 valence electrons. The Morgan fingerprint density at radius 3 is 2.20 bits per heavy atom. The van der Waals surface area contributed by atoms with E-state index in [0.717, 1.165) is 17.8 Å². The fourth-order valence-corrected chi connectivity index (χ4v) is 8.73. The molecule has 4 nitrogen and oxygen atoms in total. The minimum Gasteiger partial charge on any atom is -0.456 e. The largest absolute Gasteiger partial charge is 0.456 e. The van der Waals surface area contributed by atoms with Gasteiger partial charge in [-0.2, -0.15) is 0 Å². The van der Waals surface area contributed by atoms with Crippen LogP contribution in [0.15, 0.2) is 0 Å². The van der Waals surface area contributed by atoms with Crippen LogP contribution in [0.5, 0.6) is 0 Å². The van der Waals surface area contributed by atoms with Gasteiger partial charge in [0.25, 0.3) is 0 Å². The maximum absolute atomic E-state index is 13.1. The Bertz CT molecular complexity index is 709. The molecular weight excluding hydrogens is 376 g/mol. The first kappa shape index (κ1) is 20.8. The lowest BCUT2D eigenvalue weighted by Gasteiger charge is -2.66. The van der Waals surface area contributed by atoms with Crippen LogP contribution in [0.1, 0.15) is 91.9 Å². The minimum absolute atomic E-state index is 0.231. The van der Waals surface area contributed by atoms with Gasteiger partial charge < -0.3 is 9.47 Å². The molecule has 0 aliphatic heterocycles. The number of hydrogen-bond acceptors (Lipinski definition) is 4. The van der Waals surface area contributed by atoms with Crippen molar-refractivity contribution in [3.63, 3.8) is 0 Å². The predicted octanol–water partition coefficient (Wildman–Crippen LogP) is 5.53. The molecule has 0 saturated heterocycles. The number of carbonyl (C=O) groups is 2. The average molecular weight is 417 g/mol. The standard InChI is InChI=1S/C26H40O4/c1-5-24(2,3)23(28)29-15-22(27)30-26(21-11-16-6-7-18(21)8-16)19-9-17-10-20(26)14-25(4,12-17)13-19/h16-21H,5-15H2,1-4H3. The van der Waals surface area contributed by atoms with E-state index >= 15 is 0 Å². The number of hydrogen-bond donors (Lipinski definition) is 0. The van der Waals surface area contributed by atoms with Crippen molar-refractivity contribution in [2.24, 2.45) is 46.3 Å². The first-order valence-electron chi connectivity index (χ1n) is 12.5. The van der Waals surface area contributed by atoms with E-state index in [1.807, 2.05) is 20.8 Å². The summed E-state index contributed by atoms with van der Waals surface area (Å²) < 4.78 is 12.0. The molecule has 30 heavy (non-hydrogen) atoms. The summed E-state index contributed by atoms with van der Waals surface area (Å²) in [6.07, 6.45) is 12.2. The molecule has 0 radical (unpaired) electrons. The summed E-state index contributed by atoms with van der Waals surface area (Å²) in [5, 5.41) is 0. The Kier molecular flexibility index (Phi) is 4.84. The van der Waals surface area contributed by atoms with Gasteiger partial charge in [-0.1, -0.05) is 20.3 Å². The Hall–Kier alpha value is -1.06. The van der Waals surface area contributed by atoms with Crippen LogP contribution >= 0.6 is 0 Å². The van der Waals surface area contributed by atoms with Crippen LogP contribution in [0.25, 0.3) is 0 Å². The van der Waals surface area contributed by atoms with E-state index in [-0.39, 0.29) is 24.1 Å². The summed E-state index contributed by atoms with van der Waals surface area (Å²) in [6.45, 7) is 7.95. The van der Waals surface area contributed by atoms with Gasteiger partial charge in [0.15, 0.2) is 6.61 Å². The van der Waals surface area contributed by atoms with E-state index in [1.165, 1.54) is 57.8 Å². The van der Waals surface area contributed by atoms with E-state index in [9.17, 15) is 9.59 Å². The molecule has 0 heterocycles. The maximum Gasteiger partial charge on any atom is 0.344 e. The molecule has 0 aromatic carbocycles. The molecule has 0 spiro atoms. The Morgan fingerprint density at radius 1 is 0.967 bits per heavy atom. The Labute approximate surface area is 181 Å². The van der Waals surface area contributed by atoms with E-state index in [2.05, 4.69) is 6.92 Å². The lowest BCUT2D eigenvalue weighted by Crippen LogP contribution is -2.66. The van der Waals surface area contributed by atoms with E-state index < -0.39 is 5.41 Å². The topological polar surface area (TPSA) is 52.6 Å². The van der Waals surface area contributed by atoms with E-state index in [4.69, 9.17) is 9.47 Å². The van der Waals surface area contributed by atoms with Crippen molar-refractivity contribution in [1.29, 1.82) is 0 Å². The van der Waals surface area contributed by atoms with E-state index in [0.29, 0.717) is 29.6 Å². The second-order valence-electron chi connectivity index (χ2n) is 12.6. The van der Waals surface area contributed by atoms with Gasteiger partial charge in [-0.3, -0.25) is 4.79 Å². The SMILES string of the molecule is CCC(C)(C)C(=O)OCC(=O)OC1(C2CC3CCC2C3)C2CC3CC1CC(C)(C3)C2. The lowest BCUT2D eigenvalue weighted by molar-refractivity contribution is -0.250. The first-order valence-corrected chi connectivity index (χ1v) is 12.5. The second-order valence-corrected chi connectivity index (χ2v) is 12.6. The van der Waals surface area contributed by atoms with Gasteiger partial charge in [0.2, 0.25) is 0 Å². The third-order valence-electron chi connectivity index (χ3n) is 10.1. The van der Waals surface area contributed by atoms with Gasteiger partial charge in [-0.05, 0) is 94.8 Å². The van der Waals surface area contributed by atoms with Crippen LogP contribution in [0.2, 0.25) is 0 Å². The second kappa shape index (κ2) is 6.97. The summed E-state index contributed by atoms with van der Waals surface area (Å²) in [4.78, 5) is 25.5. The third kappa shape index (κ3) is 3.14. The molecule has 0 aromatic rings. The highest BCUT2D eigenvalue weighted by molar-refractivity contribution is 5.80. The summed E-state index contributed by atoms with van der Waals surface area (Å²) >= 11 is 0. The van der Waals surface area contributed by atoms with Crippen LogP contribution < -0.4 is 0 Å². The molecule has 5 atom stereocenters. The Balaban J connectivity index is 1.37. The predicted molar refractivity (Wildman–Crippen MR) is 114 cm³/mol. The van der Waals surface area contributed by atoms with Crippen molar-refractivity contribution >= 4 is 11.9 Å². The zero-order valence-electron chi connectivity index (χ0n) is 19.4. The van der Waals surface area contributed by atoms with Crippen LogP contribution in [-0.4, -0.2) is 24.1 Å². The van der Waals surface area contributed by atoms with Crippen molar-refractivity contribution in [3.05, 3.63) is 0 Å². The molecule has 0 N–H and O–H groups in total. The number of fused-ring (bicyclic) bond motifs is 2. The number of carbonyl (C=O) groups excluding carboxylic acids is 2. The summed E-state index contributed by atoms with van der Waals surface area (Å²) in [7, 11) is 0. The summed E-state index contributed by atoms with van der Waals surface area (Å²) in [6, 6.07) is 0. The van der Waals surface area contributed by atoms with Gasteiger partial charge >= 0.3 is 11.9 Å². The summed E-state index contributed by atoms with van der Waals surface area (Å²) in [5.74, 6) is 3.32. The highest BCUT2D eigenvalue weighted by Gasteiger charge is 2.67. The molecular formula is C26H40O4. The minimum atomic E-state index is -0.556. The van der Waals surface area contributed by atoms with Gasteiger partial charge in [-0.15, -0.1) is 0 Å². The first-order chi connectivity index (χ1) is 14.1. The molecule has 6 aliphatic rings. The monoisotopic (exact) mass is 416 g/mol. The zero-order valence-corrected chi connectivity index (χ0v) is 19.4. The van der Waals surface area contributed by atoms with Crippen molar-refractivity contribution in [1.82, 2.24) is 0 Å². The third-order valence-corrected chi connectivity index (χ3v) is 10.1. The van der Waals surface area contributed by atoms with Gasteiger partial charge in [0, 0.05) is 17.8 Å². The van der Waals surface area contributed by atoms with Crippen LogP contribution in [0.4, 0.5) is 0 Å². The smallest absolute Gasteiger partial charge is 0.344 e. The number of esters is 2. The van der Waals surface area contributed by atoms with Crippen molar-refractivity contribution in [3.8, 4) is 0 Å². The highest BCUT2D eigenvalue weighted by atomic mass is 16.6. The fraction of sp³-hybridized carbons (Fsp3) is 0.923. The number of ether oxygens (including phenoxy) is 2. The molecule has 6 bridgehead atoms. The zero-order chi connectivity index (χ0) is 21.3. The lowest BCUT2D eigenvalue weighted by atomic mass is 9.42. The molecule has 6 aliphatic carbocycles.